The summed E-state index contributed by atoms with van der Waals surface area (Å²) in [5.41, 5.74) is 1.75. The lowest BCUT2D eigenvalue weighted by Crippen LogP contribution is -2.13. The van der Waals surface area contributed by atoms with Crippen molar-refractivity contribution in [1.29, 1.82) is 5.26 Å². The number of benzene rings is 2. The largest absolute Gasteiger partial charge is 0.486 e. The van der Waals surface area contributed by atoms with Crippen LogP contribution in [0.3, 0.4) is 0 Å². The van der Waals surface area contributed by atoms with Crippen molar-refractivity contribution in [2.24, 2.45) is 7.05 Å². The van der Waals surface area contributed by atoms with Crippen molar-refractivity contribution in [3.05, 3.63) is 94.3 Å². The second-order valence-electron chi connectivity index (χ2n) is 8.53. The second-order valence-corrected chi connectivity index (χ2v) is 10.7. The number of halogens is 3. The van der Waals surface area contributed by atoms with Gasteiger partial charge in [-0.05, 0) is 48.0 Å². The number of hydrogen-bond acceptors (Lipinski definition) is 6. The molecule has 9 nitrogen and oxygen atoms in total. The van der Waals surface area contributed by atoms with Crippen molar-refractivity contribution >= 4 is 38.9 Å². The fourth-order valence-corrected chi connectivity index (χ4v) is 4.53. The first-order chi connectivity index (χ1) is 18.4. The van der Waals surface area contributed by atoms with Gasteiger partial charge in [0.1, 0.15) is 23.9 Å². The van der Waals surface area contributed by atoms with Crippen molar-refractivity contribution < 1.29 is 26.7 Å². The molecule has 0 saturated carbocycles. The summed E-state index contributed by atoms with van der Waals surface area (Å²) < 4.78 is 60.6. The number of hydrogen-bond donors (Lipinski definition) is 2. The predicted octanol–water partition coefficient (Wildman–Crippen LogP) is 5.09. The number of ether oxygens (including phenoxy) is 1. The average Bonchev–Trinajstić information content (AvgIpc) is 3.22. The van der Waals surface area contributed by atoms with Gasteiger partial charge in [-0.2, -0.15) is 5.26 Å². The predicted molar refractivity (Wildman–Crippen MR) is 142 cm³/mol. The number of aromatic nitrogens is 2. The number of rotatable bonds is 8. The summed E-state index contributed by atoms with van der Waals surface area (Å²) in [6.45, 7) is -0.166. The van der Waals surface area contributed by atoms with E-state index in [0.29, 0.717) is 11.3 Å². The molecular formula is C26H20ClF2N5O4S. The van der Waals surface area contributed by atoms with Gasteiger partial charge in [0.05, 0.1) is 41.0 Å². The van der Waals surface area contributed by atoms with Gasteiger partial charge < -0.3 is 14.6 Å². The van der Waals surface area contributed by atoms with E-state index >= 15 is 0 Å². The molecule has 4 aromatic rings. The third-order valence-corrected chi connectivity index (χ3v) is 6.09. The van der Waals surface area contributed by atoms with E-state index in [9.17, 15) is 22.0 Å². The van der Waals surface area contributed by atoms with E-state index in [2.05, 4.69) is 15.0 Å². The number of aryl methyl sites for hydroxylation is 1. The summed E-state index contributed by atoms with van der Waals surface area (Å²) in [7, 11) is -1.91. The highest BCUT2D eigenvalue weighted by Gasteiger charge is 2.18. The quantitative estimate of drug-likeness (QED) is 0.303. The van der Waals surface area contributed by atoms with Crippen molar-refractivity contribution in [3.8, 4) is 23.2 Å². The lowest BCUT2D eigenvalue weighted by molar-refractivity contribution is 0.102. The molecule has 0 unspecified atom stereocenters. The third-order valence-electron chi connectivity index (χ3n) is 5.27. The number of sulfonamides is 1. The SMILES string of the molecule is Cn1cc(C(=O)Nc2cc(Cl)cc(NS(C)(=O)=O)c2)cc1-c1ncc(F)cc1OCc1cc(F)cc(C#N)c1. The van der Waals surface area contributed by atoms with Gasteiger partial charge >= 0.3 is 0 Å². The highest BCUT2D eigenvalue weighted by atomic mass is 35.5. The second kappa shape index (κ2) is 11.1. The number of pyridine rings is 1. The normalized spacial score (nSPS) is 11.1. The van der Waals surface area contributed by atoms with E-state index in [0.717, 1.165) is 24.6 Å². The van der Waals surface area contributed by atoms with Crippen LogP contribution in [0, 0.1) is 23.0 Å². The Morgan fingerprint density at radius 2 is 1.85 bits per heavy atom. The number of nitrogens with zero attached hydrogens (tertiary/aromatic N) is 3. The molecule has 0 saturated heterocycles. The Kier molecular flexibility index (Phi) is 7.85. The van der Waals surface area contributed by atoms with Gasteiger partial charge in [0.25, 0.3) is 5.91 Å². The van der Waals surface area contributed by atoms with Crippen LogP contribution in [-0.4, -0.2) is 30.1 Å². The summed E-state index contributed by atoms with van der Waals surface area (Å²) in [4.78, 5) is 17.1. The number of anilines is 2. The van der Waals surface area contributed by atoms with Crippen LogP contribution in [0.4, 0.5) is 20.2 Å². The van der Waals surface area contributed by atoms with Gasteiger partial charge in [-0.3, -0.25) is 9.52 Å². The fourth-order valence-electron chi connectivity index (χ4n) is 3.74. The topological polar surface area (TPSA) is 126 Å². The molecular weight excluding hydrogens is 552 g/mol. The molecule has 2 heterocycles. The summed E-state index contributed by atoms with van der Waals surface area (Å²) >= 11 is 6.07. The van der Waals surface area contributed by atoms with Crippen LogP contribution in [0.25, 0.3) is 11.4 Å². The van der Waals surface area contributed by atoms with Crippen LogP contribution in [0.15, 0.2) is 60.9 Å². The first kappa shape index (κ1) is 27.6. The lowest BCUT2D eigenvalue weighted by atomic mass is 10.1. The molecule has 13 heteroatoms. The van der Waals surface area contributed by atoms with E-state index in [1.54, 1.807) is 11.6 Å². The molecule has 0 radical (unpaired) electrons. The average molecular weight is 572 g/mol. The standard InChI is InChI=1S/C26H20ClF2N5O4S/c1-34-13-17(26(35)32-21-7-18(27)8-22(10-21)33-39(2,36)37)6-23(34)25-24(9-20(29)12-31-25)38-14-16-3-15(11-30)4-19(28)5-16/h3-10,12-13,33H,14H2,1-2H3,(H,32,35). The van der Waals surface area contributed by atoms with E-state index in [1.165, 1.54) is 42.6 Å². The molecule has 4 rings (SSSR count). The number of nitriles is 1. The van der Waals surface area contributed by atoms with Gasteiger partial charge in [-0.1, -0.05) is 11.6 Å². The van der Waals surface area contributed by atoms with Crippen LogP contribution in [0.5, 0.6) is 5.75 Å². The molecule has 1 amide bonds. The molecule has 0 fully saturated rings. The Bertz CT molecular complexity index is 1730. The van der Waals surface area contributed by atoms with Gasteiger partial charge in [-0.25, -0.2) is 22.2 Å². The van der Waals surface area contributed by atoms with E-state index in [4.69, 9.17) is 21.6 Å². The highest BCUT2D eigenvalue weighted by molar-refractivity contribution is 7.92. The Balaban J connectivity index is 1.59. The van der Waals surface area contributed by atoms with Crippen LogP contribution >= 0.6 is 11.6 Å². The van der Waals surface area contributed by atoms with Crippen molar-refractivity contribution in [3.63, 3.8) is 0 Å². The van der Waals surface area contributed by atoms with Gasteiger partial charge in [0.15, 0.2) is 5.75 Å². The summed E-state index contributed by atoms with van der Waals surface area (Å²) in [6, 6.07) is 12.5. The maximum atomic E-state index is 14.0. The molecule has 0 bridgehead atoms. The molecule has 0 aliphatic heterocycles. The first-order valence-corrected chi connectivity index (χ1v) is 13.4. The molecule has 200 valence electrons. The monoisotopic (exact) mass is 571 g/mol. The molecule has 0 spiro atoms. The zero-order chi connectivity index (χ0) is 28.3. The minimum atomic E-state index is -3.56. The van der Waals surface area contributed by atoms with Crippen LogP contribution < -0.4 is 14.8 Å². The van der Waals surface area contributed by atoms with Crippen molar-refractivity contribution in [1.82, 2.24) is 9.55 Å². The van der Waals surface area contributed by atoms with Crippen molar-refractivity contribution in [2.75, 3.05) is 16.3 Å². The molecule has 0 aliphatic rings. The van der Waals surface area contributed by atoms with E-state index < -0.39 is 27.6 Å². The smallest absolute Gasteiger partial charge is 0.257 e. The molecule has 0 atom stereocenters. The molecule has 2 N–H and O–H groups in total. The number of carbonyl (C=O) groups is 1. The summed E-state index contributed by atoms with van der Waals surface area (Å²) in [5.74, 6) is -1.77. The zero-order valence-electron chi connectivity index (χ0n) is 20.5. The maximum absolute atomic E-state index is 14.0. The Hall–Kier alpha value is -4.47. The minimum Gasteiger partial charge on any atom is -0.486 e. The van der Waals surface area contributed by atoms with Gasteiger partial charge in [0.2, 0.25) is 10.0 Å². The summed E-state index contributed by atoms with van der Waals surface area (Å²) in [6.07, 6.45) is 3.50. The van der Waals surface area contributed by atoms with E-state index in [1.807, 2.05) is 6.07 Å². The molecule has 2 aromatic carbocycles. The Morgan fingerprint density at radius 3 is 2.56 bits per heavy atom. The Morgan fingerprint density at radius 1 is 1.10 bits per heavy atom. The molecule has 0 aliphatic carbocycles. The number of nitrogens with one attached hydrogen (secondary N) is 2. The fraction of sp³-hybridized carbons (Fsp3) is 0.115. The van der Waals surface area contributed by atoms with Gasteiger partial charge in [0, 0.05) is 30.0 Å². The molecule has 39 heavy (non-hydrogen) atoms. The Labute approximate surface area is 227 Å². The number of carbonyl (C=O) groups excluding carboxylic acids is 1. The van der Waals surface area contributed by atoms with Gasteiger partial charge in [-0.15, -0.1) is 0 Å². The first-order valence-electron chi connectivity index (χ1n) is 11.1. The zero-order valence-corrected chi connectivity index (χ0v) is 22.1. The summed E-state index contributed by atoms with van der Waals surface area (Å²) in [5, 5.41) is 11.9. The van der Waals surface area contributed by atoms with Crippen LogP contribution in [0.1, 0.15) is 21.5 Å². The minimum absolute atomic E-state index is 0.0391. The van der Waals surface area contributed by atoms with E-state index in [-0.39, 0.29) is 45.6 Å². The maximum Gasteiger partial charge on any atom is 0.257 e. The molecule has 2 aromatic heterocycles. The van der Waals surface area contributed by atoms with Crippen molar-refractivity contribution in [2.45, 2.75) is 6.61 Å². The number of amides is 1. The van der Waals surface area contributed by atoms with Crippen LogP contribution in [-0.2, 0) is 23.7 Å². The van der Waals surface area contributed by atoms with Crippen LogP contribution in [0.2, 0.25) is 5.02 Å². The lowest BCUT2D eigenvalue weighted by Gasteiger charge is -2.12. The third kappa shape index (κ3) is 7.10. The highest BCUT2D eigenvalue weighted by Crippen LogP contribution is 2.31.